The highest BCUT2D eigenvalue weighted by Gasteiger charge is 2.51. The fraction of sp³-hybridized carbons (Fsp3) is 0.287. The summed E-state index contributed by atoms with van der Waals surface area (Å²) >= 11 is 0. The number of nitro groups is 1. The van der Waals surface area contributed by atoms with Gasteiger partial charge >= 0.3 is 0 Å². The number of nitro benzene ring substituents is 1. The van der Waals surface area contributed by atoms with E-state index in [1.807, 2.05) is 109 Å². The standard InChI is InChI=1S/C25H21N7O3.C24H23N5O2.C23H24N6O.C22H20N6O/c1-25(2)17-10-18-16(14-5-3-4-12-11-26-29-21(12)22(14)27-18)9-20(17)31(24(25)33)23-15-7-6-13(32(34)35)8-19(15)28-30-23;1-24(2)18-9-19-17(16-6-4-5-13-10-26-28-21(13)22(16)27-19)8-20(18)29(23(24)30)14-7-15(31-3)12-25-11-14;1-4-28-12-14(11-25-28)29-19-8-16-15-7-5-6-13-10-24-27-20(13)21(15)26-18(16)9-17(19)23(2,3)22(29)30;1-22(2)16-7-17-15(6-18(16)28(21(22)29)13-9-23-11-24-10-13)14-5-3-4-12-8-25-27-19(12)20(14)26-17/h6-11,27H,3-5H2,1-2H3,(H,26,29)(H,28,30);7-12,27H,4-6H2,1-3H3,(H,26,28);8-12,26H,4-7H2,1-3H3,(H,24,27);6-11,26H,3-5H2,1-2H3,(H,25,27). The largest absolute Gasteiger partial charge is 0.495 e. The van der Waals surface area contributed by atoms with Crippen LogP contribution in [0.3, 0.4) is 0 Å². The molecule has 0 unspecified atom stereocenters. The van der Waals surface area contributed by atoms with Crippen molar-refractivity contribution in [2.45, 2.75) is 168 Å². The van der Waals surface area contributed by atoms with Gasteiger partial charge in [-0.3, -0.25) is 84.1 Å². The van der Waals surface area contributed by atoms with Crippen molar-refractivity contribution in [1.29, 1.82) is 0 Å². The molecule has 4 amide bonds. The fourth-order valence-corrected chi connectivity index (χ4v) is 20.4. The van der Waals surface area contributed by atoms with Crippen molar-refractivity contribution >= 4 is 129 Å². The highest BCUT2D eigenvalue weighted by atomic mass is 16.6. The summed E-state index contributed by atoms with van der Waals surface area (Å²) in [7, 11) is 1.60. The molecular formula is C94H88N24O7. The van der Waals surface area contributed by atoms with Gasteiger partial charge in [0.25, 0.3) is 5.69 Å². The van der Waals surface area contributed by atoms with E-state index < -0.39 is 26.6 Å². The van der Waals surface area contributed by atoms with Gasteiger partial charge in [0.05, 0.1) is 180 Å². The lowest BCUT2D eigenvalue weighted by Gasteiger charge is -2.20. The van der Waals surface area contributed by atoms with E-state index in [-0.39, 0.29) is 29.3 Å². The van der Waals surface area contributed by atoms with Crippen LogP contribution < -0.4 is 24.3 Å². The first kappa shape index (κ1) is 76.2. The van der Waals surface area contributed by atoms with E-state index in [9.17, 15) is 29.3 Å². The second-order valence-corrected chi connectivity index (χ2v) is 35.9. The molecule has 9 N–H and O–H groups in total. The SMILES string of the molecule is CC1(C)C(=O)N(c2cncnc2)c2cc3c4c([nH]c3cc21)-c1[nH]ncc1CCC4.CC1(C)C(=O)N(c2n[nH]c3cc([N+](=O)[O-])ccc23)c2cc3c4c([nH]c3cc21)-c1[nH]ncc1CCC4.CCn1cc(N2C(=O)C(C)(C)c3cc4[nH]c5c(c4cc32)CCCc2cn[nH]c2-5)cn1.COc1cncc(N2C(=O)C(C)(C)c3cc4[nH]c5c(c4cc32)CCCc2cn[nH]c2-5)c1. The van der Waals surface area contributed by atoms with Crippen LogP contribution >= 0.6 is 0 Å². The molecule has 5 aromatic carbocycles. The van der Waals surface area contributed by atoms with Gasteiger partial charge in [-0.25, -0.2) is 9.97 Å². The number of fused-ring (bicyclic) bond motifs is 25. The molecule has 0 saturated heterocycles. The Labute approximate surface area is 713 Å². The van der Waals surface area contributed by atoms with Crippen molar-refractivity contribution in [2.24, 2.45) is 0 Å². The number of ether oxygens (including phenoxy) is 1. The molecule has 16 heterocycles. The highest BCUT2D eigenvalue weighted by Crippen LogP contribution is 2.55. The molecule has 0 bridgehead atoms. The monoisotopic (exact) mass is 1660 g/mol. The molecule has 4 aliphatic carbocycles. The third kappa shape index (κ3) is 11.5. The minimum atomic E-state index is -0.767. The van der Waals surface area contributed by atoms with Crippen LogP contribution in [0.15, 0.2) is 141 Å². The van der Waals surface area contributed by atoms with Crippen LogP contribution in [-0.2, 0) is 98.7 Å². The Hall–Kier alpha value is -14.9. The number of aromatic amines is 9. The smallest absolute Gasteiger partial charge is 0.271 e. The quantitative estimate of drug-likeness (QED) is 0.0529. The summed E-state index contributed by atoms with van der Waals surface area (Å²) in [5, 5.41) is 57.8. The molecule has 0 radical (unpaired) electrons. The first-order chi connectivity index (χ1) is 60.4. The number of amides is 4. The number of hydrogen-bond donors (Lipinski definition) is 9. The fourth-order valence-electron chi connectivity index (χ4n) is 20.4. The van der Waals surface area contributed by atoms with Gasteiger partial charge in [0, 0.05) is 79.9 Å². The molecule has 31 heteroatoms. The van der Waals surface area contributed by atoms with Gasteiger partial charge in [0.1, 0.15) is 12.1 Å². The van der Waals surface area contributed by atoms with E-state index >= 15 is 0 Å². The van der Waals surface area contributed by atoms with Gasteiger partial charge in [-0.15, -0.1) is 0 Å². The summed E-state index contributed by atoms with van der Waals surface area (Å²) in [5.41, 5.74) is 30.6. The van der Waals surface area contributed by atoms with Gasteiger partial charge in [-0.2, -0.15) is 30.6 Å². The van der Waals surface area contributed by atoms with Crippen molar-refractivity contribution in [3.05, 3.63) is 218 Å². The first-order valence-corrected chi connectivity index (χ1v) is 42.5. The molecule has 25 rings (SSSR count). The summed E-state index contributed by atoms with van der Waals surface area (Å²) in [5.74, 6) is 1.14. The van der Waals surface area contributed by atoms with Crippen LogP contribution in [-0.4, -0.2) is 131 Å². The minimum absolute atomic E-state index is 0.0314. The zero-order valence-corrected chi connectivity index (χ0v) is 70.5. The van der Waals surface area contributed by atoms with E-state index in [1.165, 1.54) is 68.4 Å². The van der Waals surface area contributed by atoms with E-state index in [4.69, 9.17) is 4.74 Å². The number of carbonyl (C=O) groups excluding carboxylic acids is 4. The first-order valence-electron chi connectivity index (χ1n) is 42.5. The number of anilines is 8. The number of non-ortho nitro benzene ring substituents is 1. The van der Waals surface area contributed by atoms with Crippen molar-refractivity contribution in [1.82, 2.24) is 95.7 Å². The molecule has 125 heavy (non-hydrogen) atoms. The number of aryl methyl sites for hydroxylation is 9. The second kappa shape index (κ2) is 27.8. The Morgan fingerprint density at radius 2 is 0.776 bits per heavy atom. The summed E-state index contributed by atoms with van der Waals surface area (Å²) in [6, 6.07) is 23.5. The average Bonchev–Trinajstić information content (AvgIpc) is 1.57. The van der Waals surface area contributed by atoms with Gasteiger partial charge in [-0.1, -0.05) is 0 Å². The van der Waals surface area contributed by atoms with E-state index in [2.05, 4.69) is 140 Å². The number of methoxy groups -OCH3 is 1. The Bertz CT molecular complexity index is 7430. The van der Waals surface area contributed by atoms with Crippen molar-refractivity contribution in [3.8, 4) is 51.3 Å². The third-order valence-corrected chi connectivity index (χ3v) is 27.2. The number of H-pyrrole nitrogens is 9. The third-order valence-electron chi connectivity index (χ3n) is 27.2. The summed E-state index contributed by atoms with van der Waals surface area (Å²) in [4.78, 5) is 98.7. The predicted molar refractivity (Wildman–Crippen MR) is 476 cm³/mol. The lowest BCUT2D eigenvalue weighted by Crippen LogP contribution is -2.33. The van der Waals surface area contributed by atoms with Crippen LogP contribution in [0.5, 0.6) is 5.75 Å². The van der Waals surface area contributed by atoms with Crippen molar-refractivity contribution in [3.63, 3.8) is 0 Å². The Morgan fingerprint density at radius 1 is 0.400 bits per heavy atom. The van der Waals surface area contributed by atoms with E-state index in [0.717, 1.165) is 218 Å². The highest BCUT2D eigenvalue weighted by molar-refractivity contribution is 6.20. The number of nitrogens with zero attached hydrogens (tertiary/aromatic N) is 15. The Balaban J connectivity index is 0.0000000991. The molecule has 0 atom stereocenters. The molecule has 626 valence electrons. The minimum Gasteiger partial charge on any atom is -0.495 e. The molecule has 0 saturated carbocycles. The molecular weight excluding hydrogens is 1580 g/mol. The Morgan fingerprint density at radius 3 is 1.16 bits per heavy atom. The number of hydrogen-bond acceptors (Lipinski definition) is 16. The number of pyridine rings is 1. The molecule has 0 spiro atoms. The lowest BCUT2D eigenvalue weighted by atomic mass is 9.85. The molecule has 4 aliphatic heterocycles. The van der Waals surface area contributed by atoms with Gasteiger partial charge in [0.15, 0.2) is 5.82 Å². The van der Waals surface area contributed by atoms with Crippen LogP contribution in [0.1, 0.15) is 155 Å². The zero-order valence-electron chi connectivity index (χ0n) is 70.5. The zero-order chi connectivity index (χ0) is 85.8. The maximum Gasteiger partial charge on any atom is 0.271 e. The molecule has 31 nitrogen and oxygen atoms in total. The molecule has 17 aromatic rings. The predicted octanol–water partition coefficient (Wildman–Crippen LogP) is 17.2. The van der Waals surface area contributed by atoms with Gasteiger partial charge in [0.2, 0.25) is 23.6 Å². The normalized spacial score (nSPS) is 16.8. The van der Waals surface area contributed by atoms with Gasteiger partial charge < -0.3 is 24.7 Å². The maximum atomic E-state index is 13.7. The number of benzene rings is 5. The second-order valence-electron chi connectivity index (χ2n) is 35.9. The molecule has 0 fully saturated rings. The number of rotatable bonds is 7. The lowest BCUT2D eigenvalue weighted by molar-refractivity contribution is -0.384. The number of carbonyl (C=O) groups is 4. The van der Waals surface area contributed by atoms with Crippen molar-refractivity contribution < 1.29 is 28.8 Å². The average molecular weight is 1670 g/mol. The van der Waals surface area contributed by atoms with Crippen LogP contribution in [0.2, 0.25) is 0 Å². The van der Waals surface area contributed by atoms with E-state index in [0.29, 0.717) is 33.8 Å². The van der Waals surface area contributed by atoms with E-state index in [1.54, 1.807) is 58.9 Å². The van der Waals surface area contributed by atoms with Crippen molar-refractivity contribution in [2.75, 3.05) is 26.7 Å². The Kier molecular flexibility index (Phi) is 17.0. The topological polar surface area (TPSA) is 397 Å². The summed E-state index contributed by atoms with van der Waals surface area (Å²) < 4.78 is 7.20. The van der Waals surface area contributed by atoms with Crippen LogP contribution in [0.25, 0.3) is 100 Å². The number of nitrogens with one attached hydrogen (secondary N) is 9. The molecule has 12 aromatic heterocycles. The summed E-state index contributed by atoms with van der Waals surface area (Å²) in [6.07, 6.45) is 31.8. The van der Waals surface area contributed by atoms with Gasteiger partial charge in [-0.05, 0) is 261 Å². The maximum absolute atomic E-state index is 13.7. The van der Waals surface area contributed by atoms with Crippen LogP contribution in [0.4, 0.5) is 51.3 Å². The molecule has 8 aliphatic rings. The summed E-state index contributed by atoms with van der Waals surface area (Å²) in [6.45, 7) is 18.6. The van der Waals surface area contributed by atoms with Crippen LogP contribution in [0, 0.1) is 10.1 Å². The number of aromatic nitrogens is 19.